The monoisotopic (exact) mass is 269 g/mol. The summed E-state index contributed by atoms with van der Waals surface area (Å²) < 4.78 is 18.3. The van der Waals surface area contributed by atoms with E-state index in [-0.39, 0.29) is 12.4 Å². The van der Waals surface area contributed by atoms with Gasteiger partial charge < -0.3 is 10.1 Å². The molecule has 0 saturated carbocycles. The van der Waals surface area contributed by atoms with Gasteiger partial charge in [0.2, 0.25) is 0 Å². The Bertz CT molecular complexity index is 587. The highest BCUT2D eigenvalue weighted by atomic mass is 19.1. The maximum absolute atomic E-state index is 12.8. The van der Waals surface area contributed by atoms with Gasteiger partial charge in [-0.25, -0.2) is 4.39 Å². The van der Waals surface area contributed by atoms with E-state index in [0.29, 0.717) is 13.1 Å². The highest BCUT2D eigenvalue weighted by molar-refractivity contribution is 5.33. The van der Waals surface area contributed by atoms with Gasteiger partial charge in [0.1, 0.15) is 18.2 Å². The molecule has 0 aliphatic carbocycles. The molecule has 0 aromatic heterocycles. The Hall–Kier alpha value is -2.31. The van der Waals surface area contributed by atoms with E-state index < -0.39 is 0 Å². The molecule has 0 radical (unpaired) electrons. The van der Waals surface area contributed by atoms with Gasteiger partial charge in [0, 0.05) is 18.7 Å². The van der Waals surface area contributed by atoms with Gasteiger partial charge in [-0.2, -0.15) is 0 Å². The molecule has 2 aromatic rings. The van der Waals surface area contributed by atoms with Gasteiger partial charge in [-0.3, -0.25) is 0 Å². The summed E-state index contributed by atoms with van der Waals surface area (Å²) >= 11 is 0. The van der Waals surface area contributed by atoms with Crippen LogP contribution in [0.1, 0.15) is 11.1 Å². The Labute approximate surface area is 118 Å². The number of ether oxygens (including phenoxy) is 1. The average molecular weight is 269 g/mol. The molecule has 2 aromatic carbocycles. The second-order valence-electron chi connectivity index (χ2n) is 4.33. The first-order valence-corrected chi connectivity index (χ1v) is 6.39. The van der Waals surface area contributed by atoms with Crippen LogP contribution in [-0.4, -0.2) is 6.61 Å². The lowest BCUT2D eigenvalue weighted by Gasteiger charge is -2.10. The van der Waals surface area contributed by atoms with Crippen molar-refractivity contribution in [3.05, 3.63) is 65.5 Å². The number of benzene rings is 2. The fourth-order valence-corrected chi connectivity index (χ4v) is 1.85. The molecular formula is C17H16FNO. The normalized spacial score (nSPS) is 10.0. The standard InChI is InChI=1S/C17H16FNO/c1-2-11-20-17-6-4-3-5-15(17)13-19-12-14-7-9-16(18)10-8-14/h1,3-10,19H,11-13H2. The third-order valence-electron chi connectivity index (χ3n) is 2.84. The van der Waals surface area contributed by atoms with Gasteiger partial charge in [-0.1, -0.05) is 36.3 Å². The van der Waals surface area contributed by atoms with Crippen LogP contribution >= 0.6 is 0 Å². The van der Waals surface area contributed by atoms with Gasteiger partial charge in [-0.05, 0) is 23.8 Å². The number of rotatable bonds is 6. The van der Waals surface area contributed by atoms with Crippen molar-refractivity contribution in [3.8, 4) is 18.1 Å². The Morgan fingerprint density at radius 2 is 1.80 bits per heavy atom. The van der Waals surface area contributed by atoms with Crippen molar-refractivity contribution in [2.24, 2.45) is 0 Å². The largest absolute Gasteiger partial charge is 0.481 e. The van der Waals surface area contributed by atoms with Gasteiger partial charge >= 0.3 is 0 Å². The minimum absolute atomic E-state index is 0.221. The van der Waals surface area contributed by atoms with Crippen molar-refractivity contribution in [3.63, 3.8) is 0 Å². The van der Waals surface area contributed by atoms with E-state index in [1.165, 1.54) is 12.1 Å². The third kappa shape index (κ3) is 4.11. The second-order valence-corrected chi connectivity index (χ2v) is 4.33. The van der Waals surface area contributed by atoms with Gasteiger partial charge in [-0.15, -0.1) is 6.42 Å². The maximum atomic E-state index is 12.8. The molecule has 1 N–H and O–H groups in total. The number of hydrogen-bond acceptors (Lipinski definition) is 2. The maximum Gasteiger partial charge on any atom is 0.148 e. The van der Waals surface area contributed by atoms with Crippen molar-refractivity contribution in [2.45, 2.75) is 13.1 Å². The van der Waals surface area contributed by atoms with E-state index in [1.54, 1.807) is 12.1 Å². The van der Waals surface area contributed by atoms with Crippen molar-refractivity contribution < 1.29 is 9.13 Å². The third-order valence-corrected chi connectivity index (χ3v) is 2.84. The van der Waals surface area contributed by atoms with Crippen LogP contribution in [0.15, 0.2) is 48.5 Å². The zero-order valence-corrected chi connectivity index (χ0v) is 11.1. The van der Waals surface area contributed by atoms with E-state index >= 15 is 0 Å². The molecule has 0 spiro atoms. The quantitative estimate of drug-likeness (QED) is 0.813. The molecule has 0 aliphatic heterocycles. The summed E-state index contributed by atoms with van der Waals surface area (Å²) in [5.74, 6) is 3.02. The molecule has 0 atom stereocenters. The van der Waals surface area contributed by atoms with Crippen molar-refractivity contribution in [2.75, 3.05) is 6.61 Å². The summed E-state index contributed by atoms with van der Waals surface area (Å²) in [6.07, 6.45) is 5.19. The molecular weight excluding hydrogens is 253 g/mol. The highest BCUT2D eigenvalue weighted by Crippen LogP contribution is 2.17. The van der Waals surface area contributed by atoms with Crippen LogP contribution in [0.2, 0.25) is 0 Å². The van der Waals surface area contributed by atoms with E-state index in [0.717, 1.165) is 16.9 Å². The van der Waals surface area contributed by atoms with Crippen molar-refractivity contribution >= 4 is 0 Å². The van der Waals surface area contributed by atoms with Crippen LogP contribution in [0.4, 0.5) is 4.39 Å². The van der Waals surface area contributed by atoms with Gasteiger partial charge in [0.05, 0.1) is 0 Å². The van der Waals surface area contributed by atoms with Crippen molar-refractivity contribution in [1.82, 2.24) is 5.32 Å². The molecule has 20 heavy (non-hydrogen) atoms. The van der Waals surface area contributed by atoms with Gasteiger partial charge in [0.25, 0.3) is 0 Å². The first kappa shape index (κ1) is 14.1. The summed E-state index contributed by atoms with van der Waals surface area (Å²) in [5, 5.41) is 3.30. The molecule has 0 fully saturated rings. The lowest BCUT2D eigenvalue weighted by Crippen LogP contribution is -2.13. The predicted molar refractivity (Wildman–Crippen MR) is 77.7 cm³/mol. The predicted octanol–water partition coefficient (Wildman–Crippen LogP) is 3.13. The molecule has 0 saturated heterocycles. The first-order chi connectivity index (χ1) is 9.79. The summed E-state index contributed by atoms with van der Waals surface area (Å²) in [7, 11) is 0. The minimum atomic E-state index is -0.221. The topological polar surface area (TPSA) is 21.3 Å². The fourth-order valence-electron chi connectivity index (χ4n) is 1.85. The lowest BCUT2D eigenvalue weighted by atomic mass is 10.2. The Kier molecular flexibility index (Phi) is 5.16. The van der Waals surface area contributed by atoms with Crippen molar-refractivity contribution in [1.29, 1.82) is 0 Å². The van der Waals surface area contributed by atoms with Crippen LogP contribution in [-0.2, 0) is 13.1 Å². The summed E-state index contributed by atoms with van der Waals surface area (Å²) in [4.78, 5) is 0. The lowest BCUT2D eigenvalue weighted by molar-refractivity contribution is 0.365. The molecule has 0 heterocycles. The zero-order valence-electron chi connectivity index (χ0n) is 11.1. The average Bonchev–Trinajstić information content (AvgIpc) is 2.48. The molecule has 0 amide bonds. The number of halogens is 1. The van der Waals surface area contributed by atoms with Crippen LogP contribution in [0.25, 0.3) is 0 Å². The molecule has 0 bridgehead atoms. The molecule has 2 nitrogen and oxygen atoms in total. The summed E-state index contributed by atoms with van der Waals surface area (Å²) in [5.41, 5.74) is 2.08. The van der Waals surface area contributed by atoms with E-state index in [9.17, 15) is 4.39 Å². The van der Waals surface area contributed by atoms with E-state index in [1.807, 2.05) is 24.3 Å². The van der Waals surface area contributed by atoms with Gasteiger partial charge in [0.15, 0.2) is 0 Å². The number of hydrogen-bond donors (Lipinski definition) is 1. The molecule has 102 valence electrons. The smallest absolute Gasteiger partial charge is 0.148 e. The molecule has 3 heteroatoms. The summed E-state index contributed by atoms with van der Waals surface area (Å²) in [6, 6.07) is 14.2. The fraction of sp³-hybridized carbons (Fsp3) is 0.176. The number of terminal acetylenes is 1. The summed E-state index contributed by atoms with van der Waals surface area (Å²) in [6.45, 7) is 1.59. The SMILES string of the molecule is C#CCOc1ccccc1CNCc1ccc(F)cc1. The Morgan fingerprint density at radius 3 is 2.55 bits per heavy atom. The molecule has 0 unspecified atom stereocenters. The van der Waals surface area contributed by atoms with Crippen LogP contribution in [0.3, 0.4) is 0 Å². The van der Waals surface area contributed by atoms with Crippen LogP contribution in [0.5, 0.6) is 5.75 Å². The van der Waals surface area contributed by atoms with Crippen LogP contribution < -0.4 is 10.1 Å². The second kappa shape index (κ2) is 7.32. The Morgan fingerprint density at radius 1 is 1.05 bits per heavy atom. The van der Waals surface area contributed by atoms with Crippen LogP contribution in [0, 0.1) is 18.2 Å². The first-order valence-electron chi connectivity index (χ1n) is 6.39. The van der Waals surface area contributed by atoms with E-state index in [2.05, 4.69) is 11.2 Å². The van der Waals surface area contributed by atoms with E-state index in [4.69, 9.17) is 11.2 Å². The number of para-hydroxylation sites is 1. The minimum Gasteiger partial charge on any atom is -0.481 e. The molecule has 2 rings (SSSR count). The highest BCUT2D eigenvalue weighted by Gasteiger charge is 2.02. The number of nitrogens with one attached hydrogen (secondary N) is 1. The molecule has 0 aliphatic rings. The zero-order chi connectivity index (χ0) is 14.2. The Balaban J connectivity index is 1.90.